The number of hydrogen-bond acceptors (Lipinski definition) is 1. The maximum Gasteiger partial charge on any atom is 0.216 e. The first-order valence-corrected chi connectivity index (χ1v) is 9.06. The number of allylic oxidation sites excluding steroid dienone is 1. The van der Waals surface area contributed by atoms with Gasteiger partial charge in [0.2, 0.25) is 5.91 Å². The summed E-state index contributed by atoms with van der Waals surface area (Å²) in [6, 6.07) is 0.467. The van der Waals surface area contributed by atoms with Gasteiger partial charge >= 0.3 is 0 Å². The van der Waals surface area contributed by atoms with Crippen LogP contribution in [-0.4, -0.2) is 25.5 Å². The molecule has 0 spiro atoms. The molecule has 0 aromatic rings. The second-order valence-corrected chi connectivity index (χ2v) is 8.76. The van der Waals surface area contributed by atoms with Crippen molar-refractivity contribution in [2.45, 2.75) is 52.7 Å². The molecule has 0 radical (unpaired) electrons. The molecule has 0 N–H and O–H groups in total. The molecule has 0 aromatic carbocycles. The minimum absolute atomic E-state index is 0.221. The summed E-state index contributed by atoms with van der Waals surface area (Å²) in [4.78, 5) is 11.6. The third kappa shape index (κ3) is 2.57. The molecule has 1 aliphatic rings. The van der Waals surface area contributed by atoms with Crippen LogP contribution in [0.3, 0.4) is 0 Å². The molecule has 2 atom stereocenters. The van der Waals surface area contributed by atoms with Crippen LogP contribution >= 0.6 is 0 Å². The number of carbonyl (C=O) groups is 1. The Balaban J connectivity index is 2.69. The van der Waals surface area contributed by atoms with Crippen LogP contribution in [0.25, 0.3) is 0 Å². The third-order valence-corrected chi connectivity index (χ3v) is 5.46. The van der Waals surface area contributed by atoms with Crippen molar-refractivity contribution in [3.63, 3.8) is 0 Å². The topological polar surface area (TPSA) is 20.3 Å². The Morgan fingerprint density at radius 3 is 2.56 bits per heavy atom. The standard InChI is InChI=1S/C13H25NOSi/c1-7-10(2)9-13(3,4)11-8-12(15)14(11)16(5)6/h7,10-11,16H,1,8-9H2,2-6H3. The fourth-order valence-electron chi connectivity index (χ4n) is 2.78. The number of amides is 1. The molecule has 16 heavy (non-hydrogen) atoms. The zero-order valence-corrected chi connectivity index (χ0v) is 12.4. The van der Waals surface area contributed by atoms with Gasteiger partial charge in [-0.05, 0) is 17.8 Å². The summed E-state index contributed by atoms with van der Waals surface area (Å²) in [5.41, 5.74) is 0.221. The maximum absolute atomic E-state index is 11.6. The predicted molar refractivity (Wildman–Crippen MR) is 71.9 cm³/mol. The average molecular weight is 239 g/mol. The maximum atomic E-state index is 11.6. The number of carbonyl (C=O) groups excluding carboxylic acids is 1. The first-order chi connectivity index (χ1) is 7.29. The summed E-state index contributed by atoms with van der Waals surface area (Å²) in [5.74, 6) is 0.896. The first kappa shape index (κ1) is 13.5. The van der Waals surface area contributed by atoms with Crippen LogP contribution in [0.5, 0.6) is 0 Å². The van der Waals surface area contributed by atoms with E-state index in [9.17, 15) is 4.79 Å². The highest BCUT2D eigenvalue weighted by atomic mass is 28.3. The lowest BCUT2D eigenvalue weighted by Gasteiger charge is -2.52. The molecule has 1 aliphatic heterocycles. The number of rotatable bonds is 5. The molecule has 0 aromatic heterocycles. The van der Waals surface area contributed by atoms with Gasteiger partial charge in [0.15, 0.2) is 0 Å². The molecule has 1 amide bonds. The second-order valence-electron chi connectivity index (χ2n) is 6.02. The van der Waals surface area contributed by atoms with Gasteiger partial charge < -0.3 is 4.57 Å². The minimum atomic E-state index is -0.990. The van der Waals surface area contributed by atoms with Crippen LogP contribution in [0.15, 0.2) is 12.7 Å². The molecule has 0 bridgehead atoms. The zero-order chi connectivity index (χ0) is 12.5. The summed E-state index contributed by atoms with van der Waals surface area (Å²) in [5, 5.41) is 0. The summed E-state index contributed by atoms with van der Waals surface area (Å²) in [6.07, 6.45) is 3.88. The van der Waals surface area contributed by atoms with Gasteiger partial charge in [0.1, 0.15) is 8.96 Å². The van der Waals surface area contributed by atoms with E-state index in [0.29, 0.717) is 17.9 Å². The Morgan fingerprint density at radius 1 is 1.62 bits per heavy atom. The highest BCUT2D eigenvalue weighted by Crippen LogP contribution is 2.40. The second kappa shape index (κ2) is 4.74. The lowest BCUT2D eigenvalue weighted by atomic mass is 9.73. The van der Waals surface area contributed by atoms with Crippen molar-refractivity contribution in [3.05, 3.63) is 12.7 Å². The molecular weight excluding hydrogens is 214 g/mol. The third-order valence-electron chi connectivity index (χ3n) is 3.70. The van der Waals surface area contributed by atoms with Gasteiger partial charge in [0.05, 0.1) is 0 Å². The van der Waals surface area contributed by atoms with E-state index < -0.39 is 8.96 Å². The van der Waals surface area contributed by atoms with Gasteiger partial charge in [0.25, 0.3) is 0 Å². The van der Waals surface area contributed by atoms with E-state index in [0.717, 1.165) is 12.8 Å². The highest BCUT2D eigenvalue weighted by Gasteiger charge is 2.46. The Morgan fingerprint density at radius 2 is 2.19 bits per heavy atom. The lowest BCUT2D eigenvalue weighted by Crippen LogP contribution is -2.63. The zero-order valence-electron chi connectivity index (χ0n) is 11.3. The van der Waals surface area contributed by atoms with Crippen molar-refractivity contribution in [3.8, 4) is 0 Å². The average Bonchev–Trinajstić information content (AvgIpc) is 2.11. The molecule has 2 unspecified atom stereocenters. The lowest BCUT2D eigenvalue weighted by molar-refractivity contribution is -0.143. The van der Waals surface area contributed by atoms with Crippen LogP contribution in [-0.2, 0) is 4.79 Å². The van der Waals surface area contributed by atoms with Crippen molar-refractivity contribution in [2.24, 2.45) is 11.3 Å². The SMILES string of the molecule is C=CC(C)CC(C)(C)C1CC(=O)N1[SiH](C)C. The Labute approximate surface area is 101 Å². The van der Waals surface area contributed by atoms with Crippen LogP contribution < -0.4 is 0 Å². The van der Waals surface area contributed by atoms with E-state index in [-0.39, 0.29) is 5.41 Å². The minimum Gasteiger partial charge on any atom is -0.369 e. The Kier molecular flexibility index (Phi) is 4.00. The molecular formula is C13H25NOSi. The van der Waals surface area contributed by atoms with Crippen LogP contribution in [0.2, 0.25) is 13.1 Å². The predicted octanol–water partition coefficient (Wildman–Crippen LogP) is 2.81. The molecule has 0 saturated carbocycles. The van der Waals surface area contributed by atoms with Gasteiger partial charge in [0, 0.05) is 12.5 Å². The molecule has 1 rings (SSSR count). The summed E-state index contributed by atoms with van der Waals surface area (Å²) in [6.45, 7) is 15.1. The smallest absolute Gasteiger partial charge is 0.216 e. The van der Waals surface area contributed by atoms with Crippen molar-refractivity contribution in [1.29, 1.82) is 0 Å². The molecule has 1 saturated heterocycles. The van der Waals surface area contributed by atoms with E-state index in [1.165, 1.54) is 0 Å². The molecule has 0 aliphatic carbocycles. The molecule has 1 heterocycles. The van der Waals surface area contributed by atoms with Crippen LogP contribution in [0, 0.1) is 11.3 Å². The van der Waals surface area contributed by atoms with E-state index in [1.54, 1.807) is 0 Å². The summed E-state index contributed by atoms with van der Waals surface area (Å²) < 4.78 is 2.18. The van der Waals surface area contributed by atoms with E-state index >= 15 is 0 Å². The molecule has 1 fully saturated rings. The quantitative estimate of drug-likeness (QED) is 0.410. The normalized spacial score (nSPS) is 23.2. The Bertz CT molecular complexity index is 286. The van der Waals surface area contributed by atoms with Crippen molar-refractivity contribution in [1.82, 2.24) is 4.57 Å². The largest absolute Gasteiger partial charge is 0.369 e. The Hall–Kier alpha value is -0.573. The van der Waals surface area contributed by atoms with E-state index in [2.05, 4.69) is 45.0 Å². The van der Waals surface area contributed by atoms with Crippen molar-refractivity contribution in [2.75, 3.05) is 0 Å². The van der Waals surface area contributed by atoms with Crippen molar-refractivity contribution < 1.29 is 4.79 Å². The number of β-lactam (4-membered cyclic amide) rings is 1. The van der Waals surface area contributed by atoms with Crippen LogP contribution in [0.1, 0.15) is 33.6 Å². The summed E-state index contributed by atoms with van der Waals surface area (Å²) >= 11 is 0. The summed E-state index contributed by atoms with van der Waals surface area (Å²) in [7, 11) is -0.990. The van der Waals surface area contributed by atoms with Crippen LogP contribution in [0.4, 0.5) is 0 Å². The molecule has 2 nitrogen and oxygen atoms in total. The molecule has 92 valence electrons. The number of nitrogens with zero attached hydrogens (tertiary/aromatic N) is 1. The van der Waals surface area contributed by atoms with Gasteiger partial charge in [-0.25, -0.2) is 0 Å². The molecule has 3 heteroatoms. The van der Waals surface area contributed by atoms with Gasteiger partial charge in [-0.1, -0.05) is 39.9 Å². The van der Waals surface area contributed by atoms with E-state index in [4.69, 9.17) is 0 Å². The van der Waals surface area contributed by atoms with Gasteiger partial charge in [-0.2, -0.15) is 0 Å². The highest BCUT2D eigenvalue weighted by molar-refractivity contribution is 6.56. The monoisotopic (exact) mass is 239 g/mol. The first-order valence-electron chi connectivity index (χ1n) is 6.23. The van der Waals surface area contributed by atoms with E-state index in [1.807, 2.05) is 6.08 Å². The fraction of sp³-hybridized carbons (Fsp3) is 0.769. The van der Waals surface area contributed by atoms with Crippen molar-refractivity contribution >= 4 is 14.9 Å². The van der Waals surface area contributed by atoms with Gasteiger partial charge in [-0.3, -0.25) is 4.79 Å². The fourth-order valence-corrected chi connectivity index (χ4v) is 4.69. The number of hydrogen-bond donors (Lipinski definition) is 0. The van der Waals surface area contributed by atoms with Gasteiger partial charge in [-0.15, -0.1) is 6.58 Å².